The lowest BCUT2D eigenvalue weighted by Gasteiger charge is -2.28. The molecular formula is C23H36N4O2. The number of benzene rings is 1. The van der Waals surface area contributed by atoms with Crippen LogP contribution in [0.1, 0.15) is 64.4 Å². The molecule has 6 nitrogen and oxygen atoms in total. The largest absolute Gasteiger partial charge is 0.484 e. The normalized spacial score (nSPS) is 18.3. The number of amides is 1. The maximum absolute atomic E-state index is 11.8. The summed E-state index contributed by atoms with van der Waals surface area (Å²) in [5.74, 6) is 1.52. The first-order valence-electron chi connectivity index (χ1n) is 11.2. The van der Waals surface area contributed by atoms with Crippen LogP contribution in [0, 0.1) is 5.41 Å². The highest BCUT2D eigenvalue weighted by Crippen LogP contribution is 2.40. The van der Waals surface area contributed by atoms with E-state index in [0.29, 0.717) is 23.8 Å². The van der Waals surface area contributed by atoms with Crippen molar-refractivity contribution in [3.63, 3.8) is 0 Å². The van der Waals surface area contributed by atoms with Crippen LogP contribution in [0.15, 0.2) is 29.3 Å². The van der Waals surface area contributed by atoms with Gasteiger partial charge >= 0.3 is 0 Å². The average molecular weight is 401 g/mol. The van der Waals surface area contributed by atoms with Crippen LogP contribution in [0.3, 0.4) is 0 Å². The summed E-state index contributed by atoms with van der Waals surface area (Å²) in [6.45, 7) is 6.84. The molecular weight excluding hydrogens is 364 g/mol. The van der Waals surface area contributed by atoms with Gasteiger partial charge in [0.25, 0.3) is 5.91 Å². The zero-order chi connectivity index (χ0) is 20.5. The van der Waals surface area contributed by atoms with Crippen molar-refractivity contribution >= 4 is 11.9 Å². The van der Waals surface area contributed by atoms with Gasteiger partial charge in [-0.2, -0.15) is 0 Å². The molecule has 0 bridgehead atoms. The van der Waals surface area contributed by atoms with Gasteiger partial charge in [0.15, 0.2) is 12.6 Å². The molecule has 2 aliphatic rings. The molecule has 2 aliphatic carbocycles. The Balaban J connectivity index is 1.51. The van der Waals surface area contributed by atoms with Gasteiger partial charge < -0.3 is 20.7 Å². The summed E-state index contributed by atoms with van der Waals surface area (Å²) in [4.78, 5) is 16.5. The highest BCUT2D eigenvalue weighted by atomic mass is 16.5. The van der Waals surface area contributed by atoms with E-state index in [1.165, 1.54) is 32.1 Å². The summed E-state index contributed by atoms with van der Waals surface area (Å²) < 4.78 is 5.64. The number of rotatable bonds is 10. The van der Waals surface area contributed by atoms with Crippen LogP contribution >= 0.6 is 0 Å². The quantitative estimate of drug-likeness (QED) is 0.416. The lowest BCUT2D eigenvalue weighted by molar-refractivity contribution is -0.123. The summed E-state index contributed by atoms with van der Waals surface area (Å²) in [6, 6.07) is 8.19. The Bertz CT molecular complexity index is 694. The molecule has 0 spiro atoms. The van der Waals surface area contributed by atoms with Gasteiger partial charge in [0, 0.05) is 19.1 Å². The van der Waals surface area contributed by atoms with Crippen molar-refractivity contribution in [3.8, 4) is 5.75 Å². The van der Waals surface area contributed by atoms with Crippen molar-refractivity contribution in [2.24, 2.45) is 10.4 Å². The second-order valence-electron chi connectivity index (χ2n) is 8.39. The lowest BCUT2D eigenvalue weighted by atomic mass is 9.83. The molecule has 0 heterocycles. The third-order valence-electron chi connectivity index (χ3n) is 6.02. The molecule has 1 aromatic rings. The third kappa shape index (κ3) is 6.94. The Morgan fingerprint density at radius 1 is 1.21 bits per heavy atom. The summed E-state index contributed by atoms with van der Waals surface area (Å²) in [5, 5.41) is 9.85. The first kappa shape index (κ1) is 21.5. The summed E-state index contributed by atoms with van der Waals surface area (Å²) >= 11 is 0. The minimum Gasteiger partial charge on any atom is -0.484 e. The lowest BCUT2D eigenvalue weighted by Crippen LogP contribution is -2.42. The van der Waals surface area contributed by atoms with Gasteiger partial charge in [-0.05, 0) is 62.1 Å². The van der Waals surface area contributed by atoms with Crippen LogP contribution in [0.2, 0.25) is 0 Å². The Labute approximate surface area is 174 Å². The number of carbonyl (C=O) groups excluding carboxylic acids is 1. The van der Waals surface area contributed by atoms with Crippen molar-refractivity contribution in [2.45, 2.75) is 71.4 Å². The van der Waals surface area contributed by atoms with Crippen molar-refractivity contribution in [2.75, 3.05) is 19.7 Å². The summed E-state index contributed by atoms with van der Waals surface area (Å²) in [7, 11) is 0. The Hall–Kier alpha value is -2.24. The van der Waals surface area contributed by atoms with Crippen LogP contribution in [0.4, 0.5) is 0 Å². The van der Waals surface area contributed by atoms with Gasteiger partial charge in [-0.3, -0.25) is 4.79 Å². The SMILES string of the molecule is CCNC(=NCc1cccc(OCC(=O)NC2CC2)c1)NCC1(CC)CCCC1. The van der Waals surface area contributed by atoms with E-state index in [-0.39, 0.29) is 12.5 Å². The Kier molecular flexibility index (Phi) is 7.78. The maximum atomic E-state index is 11.8. The monoisotopic (exact) mass is 400 g/mol. The molecule has 3 N–H and O–H groups in total. The average Bonchev–Trinajstić information content (AvgIpc) is 3.42. The molecule has 0 radical (unpaired) electrons. The number of hydrogen-bond acceptors (Lipinski definition) is 3. The predicted molar refractivity (Wildman–Crippen MR) is 117 cm³/mol. The molecule has 160 valence electrons. The molecule has 2 fully saturated rings. The Morgan fingerprint density at radius 3 is 2.69 bits per heavy atom. The van der Waals surface area contributed by atoms with Gasteiger partial charge in [-0.15, -0.1) is 0 Å². The predicted octanol–water partition coefficient (Wildman–Crippen LogP) is 3.37. The van der Waals surface area contributed by atoms with Crippen molar-refractivity contribution in [1.82, 2.24) is 16.0 Å². The standard InChI is InChI=1S/C23H36N4O2/c1-3-23(12-5-6-13-23)17-26-22(24-4-2)25-15-18-8-7-9-20(14-18)29-16-21(28)27-19-10-11-19/h7-9,14,19H,3-6,10-13,15-17H2,1-2H3,(H,27,28)(H2,24,25,26). The fourth-order valence-corrected chi connectivity index (χ4v) is 3.94. The van der Waals surface area contributed by atoms with Gasteiger partial charge in [0.2, 0.25) is 0 Å². The highest BCUT2D eigenvalue weighted by molar-refractivity contribution is 5.79. The van der Waals surface area contributed by atoms with E-state index in [0.717, 1.165) is 37.5 Å². The van der Waals surface area contributed by atoms with Gasteiger partial charge in [0.05, 0.1) is 6.54 Å². The first-order chi connectivity index (χ1) is 14.1. The molecule has 0 saturated heterocycles. The fourth-order valence-electron chi connectivity index (χ4n) is 3.94. The van der Waals surface area contributed by atoms with Crippen LogP contribution in [0.5, 0.6) is 5.75 Å². The molecule has 1 amide bonds. The number of aliphatic imine (C=N–C) groups is 1. The molecule has 3 rings (SSSR count). The van der Waals surface area contributed by atoms with Crippen LogP contribution in [-0.4, -0.2) is 37.6 Å². The highest BCUT2D eigenvalue weighted by Gasteiger charge is 2.31. The molecule has 0 unspecified atom stereocenters. The van der Waals surface area contributed by atoms with E-state index in [9.17, 15) is 4.79 Å². The molecule has 0 aromatic heterocycles. The van der Waals surface area contributed by atoms with Crippen molar-refractivity contribution < 1.29 is 9.53 Å². The summed E-state index contributed by atoms with van der Waals surface area (Å²) in [6.07, 6.45) is 8.69. The molecule has 6 heteroatoms. The van der Waals surface area contributed by atoms with Gasteiger partial charge in [-0.25, -0.2) is 4.99 Å². The van der Waals surface area contributed by atoms with Crippen LogP contribution in [0.25, 0.3) is 0 Å². The number of carbonyl (C=O) groups is 1. The maximum Gasteiger partial charge on any atom is 0.258 e. The fraction of sp³-hybridized carbons (Fsp3) is 0.652. The molecule has 29 heavy (non-hydrogen) atoms. The molecule has 0 aliphatic heterocycles. The van der Waals surface area contributed by atoms with Crippen LogP contribution in [-0.2, 0) is 11.3 Å². The van der Waals surface area contributed by atoms with E-state index in [2.05, 4.69) is 29.8 Å². The number of guanidine groups is 1. The van der Waals surface area contributed by atoms with E-state index in [4.69, 9.17) is 9.73 Å². The smallest absolute Gasteiger partial charge is 0.258 e. The minimum absolute atomic E-state index is 0.0497. The summed E-state index contributed by atoms with van der Waals surface area (Å²) in [5.41, 5.74) is 1.48. The third-order valence-corrected chi connectivity index (χ3v) is 6.02. The second-order valence-corrected chi connectivity index (χ2v) is 8.39. The number of ether oxygens (including phenoxy) is 1. The molecule has 2 saturated carbocycles. The zero-order valence-corrected chi connectivity index (χ0v) is 17.9. The molecule has 0 atom stereocenters. The number of hydrogen-bond donors (Lipinski definition) is 3. The van der Waals surface area contributed by atoms with E-state index < -0.39 is 0 Å². The topological polar surface area (TPSA) is 74.8 Å². The molecule has 1 aromatic carbocycles. The number of nitrogens with one attached hydrogen (secondary N) is 3. The zero-order valence-electron chi connectivity index (χ0n) is 17.9. The van der Waals surface area contributed by atoms with Gasteiger partial charge in [-0.1, -0.05) is 31.9 Å². The minimum atomic E-state index is -0.0497. The number of nitrogens with zero attached hydrogens (tertiary/aromatic N) is 1. The van der Waals surface area contributed by atoms with E-state index in [1.54, 1.807) is 0 Å². The Morgan fingerprint density at radius 2 is 2.00 bits per heavy atom. The van der Waals surface area contributed by atoms with Crippen molar-refractivity contribution in [3.05, 3.63) is 29.8 Å². The first-order valence-corrected chi connectivity index (χ1v) is 11.2. The van der Waals surface area contributed by atoms with E-state index in [1.807, 2.05) is 24.3 Å². The van der Waals surface area contributed by atoms with Crippen molar-refractivity contribution in [1.29, 1.82) is 0 Å². The van der Waals surface area contributed by atoms with Crippen LogP contribution < -0.4 is 20.7 Å². The second kappa shape index (κ2) is 10.5. The van der Waals surface area contributed by atoms with Gasteiger partial charge in [0.1, 0.15) is 5.75 Å². The van der Waals surface area contributed by atoms with E-state index >= 15 is 0 Å².